The van der Waals surface area contributed by atoms with E-state index in [2.05, 4.69) is 15.5 Å². The van der Waals surface area contributed by atoms with Gasteiger partial charge in [0.15, 0.2) is 0 Å². The van der Waals surface area contributed by atoms with Gasteiger partial charge in [0.05, 0.1) is 17.3 Å². The lowest BCUT2D eigenvalue weighted by Crippen LogP contribution is -2.31. The third-order valence-corrected chi connectivity index (χ3v) is 5.87. The van der Waals surface area contributed by atoms with Crippen LogP contribution in [0.1, 0.15) is 51.8 Å². The number of amides is 1. The smallest absolute Gasteiger partial charge is 0.254 e. The van der Waals surface area contributed by atoms with E-state index in [1.54, 1.807) is 12.3 Å². The molecule has 1 aromatic carbocycles. The van der Waals surface area contributed by atoms with E-state index in [-0.39, 0.29) is 11.9 Å². The number of carbonyl (C=O) groups excluding carboxylic acids is 1. The second-order valence-electron chi connectivity index (χ2n) is 6.95. The van der Waals surface area contributed by atoms with Crippen LogP contribution in [0.3, 0.4) is 0 Å². The molecule has 0 aliphatic heterocycles. The van der Waals surface area contributed by atoms with Gasteiger partial charge in [-0.15, -0.1) is 0 Å². The summed E-state index contributed by atoms with van der Waals surface area (Å²) in [5.74, 6) is 1.26. The number of aryl methyl sites for hydroxylation is 2. The number of nitrogens with two attached hydrogens (primary N) is 1. The zero-order valence-corrected chi connectivity index (χ0v) is 16.5. The second kappa shape index (κ2) is 8.06. The fourth-order valence-corrected chi connectivity index (χ4v) is 4.40. The lowest BCUT2D eigenvalue weighted by Gasteiger charge is -2.27. The van der Waals surface area contributed by atoms with Crippen molar-refractivity contribution >= 4 is 23.4 Å². The summed E-state index contributed by atoms with van der Waals surface area (Å²) in [4.78, 5) is 17.4. The van der Waals surface area contributed by atoms with Crippen LogP contribution in [0, 0.1) is 6.92 Å². The van der Waals surface area contributed by atoms with Crippen molar-refractivity contribution in [3.05, 3.63) is 70.7 Å². The first kappa shape index (κ1) is 18.6. The van der Waals surface area contributed by atoms with Crippen molar-refractivity contribution in [2.45, 2.75) is 43.0 Å². The van der Waals surface area contributed by atoms with Crippen molar-refractivity contribution < 1.29 is 9.32 Å². The van der Waals surface area contributed by atoms with Gasteiger partial charge in [0.1, 0.15) is 10.8 Å². The molecule has 0 saturated heterocycles. The molecule has 1 amide bonds. The zero-order valence-electron chi connectivity index (χ0n) is 15.6. The van der Waals surface area contributed by atoms with Crippen molar-refractivity contribution in [2.24, 2.45) is 0 Å². The topological polar surface area (TPSA) is 94.0 Å². The minimum atomic E-state index is -0.110. The summed E-state index contributed by atoms with van der Waals surface area (Å²) in [5.41, 5.74) is 10.5. The summed E-state index contributed by atoms with van der Waals surface area (Å²) in [7, 11) is 0. The summed E-state index contributed by atoms with van der Waals surface area (Å²) in [6, 6.07) is 11.4. The predicted molar refractivity (Wildman–Crippen MR) is 109 cm³/mol. The highest BCUT2D eigenvalue weighted by Gasteiger charge is 2.23. The van der Waals surface area contributed by atoms with Gasteiger partial charge in [-0.05, 0) is 61.6 Å². The van der Waals surface area contributed by atoms with Crippen LogP contribution in [0.5, 0.6) is 0 Å². The first-order chi connectivity index (χ1) is 13.6. The number of thioether (sulfide) groups is 1. The molecule has 0 saturated carbocycles. The second-order valence-corrected chi connectivity index (χ2v) is 7.91. The fourth-order valence-electron chi connectivity index (χ4n) is 3.53. The molecular weight excluding hydrogens is 372 g/mol. The Morgan fingerprint density at radius 1 is 1.36 bits per heavy atom. The van der Waals surface area contributed by atoms with Crippen LogP contribution in [0.25, 0.3) is 0 Å². The summed E-state index contributed by atoms with van der Waals surface area (Å²) in [5, 5.41) is 7.87. The maximum Gasteiger partial charge on any atom is 0.254 e. The van der Waals surface area contributed by atoms with Crippen LogP contribution in [0.2, 0.25) is 0 Å². The van der Waals surface area contributed by atoms with Gasteiger partial charge in [0.25, 0.3) is 5.91 Å². The van der Waals surface area contributed by atoms with Gasteiger partial charge in [0.2, 0.25) is 0 Å². The van der Waals surface area contributed by atoms with Crippen LogP contribution in [0.4, 0.5) is 5.69 Å². The van der Waals surface area contributed by atoms with Crippen molar-refractivity contribution in [1.29, 1.82) is 0 Å². The molecular formula is C21H22N4O2S. The van der Waals surface area contributed by atoms with E-state index in [1.165, 1.54) is 17.3 Å². The molecule has 0 spiro atoms. The normalized spacial score (nSPS) is 15.8. The molecule has 1 aliphatic carbocycles. The number of anilines is 1. The number of hydrogen-bond acceptors (Lipinski definition) is 6. The highest BCUT2D eigenvalue weighted by Crippen LogP contribution is 2.32. The molecule has 3 N–H and O–H groups in total. The molecule has 1 aliphatic rings. The maximum atomic E-state index is 13.0. The Balaban J connectivity index is 1.50. The van der Waals surface area contributed by atoms with Gasteiger partial charge >= 0.3 is 0 Å². The van der Waals surface area contributed by atoms with Crippen LogP contribution < -0.4 is 11.1 Å². The number of nitrogens with zero attached hydrogens (tertiary/aromatic N) is 2. The van der Waals surface area contributed by atoms with Crippen LogP contribution in [-0.2, 0) is 12.2 Å². The van der Waals surface area contributed by atoms with Gasteiger partial charge in [-0.25, -0.2) is 4.98 Å². The lowest BCUT2D eigenvalue weighted by atomic mass is 9.87. The van der Waals surface area contributed by atoms with E-state index in [0.29, 0.717) is 16.3 Å². The van der Waals surface area contributed by atoms with E-state index in [1.807, 2.05) is 37.3 Å². The summed E-state index contributed by atoms with van der Waals surface area (Å²) < 4.78 is 5.10. The number of hydrogen-bond donors (Lipinski definition) is 2. The highest BCUT2D eigenvalue weighted by atomic mass is 32.2. The first-order valence-corrected chi connectivity index (χ1v) is 10.3. The van der Waals surface area contributed by atoms with Crippen molar-refractivity contribution in [3.8, 4) is 0 Å². The lowest BCUT2D eigenvalue weighted by molar-refractivity contribution is 0.0929. The number of nitrogens with one attached hydrogen (secondary N) is 1. The van der Waals surface area contributed by atoms with Gasteiger partial charge in [-0.1, -0.05) is 23.0 Å². The Morgan fingerprint density at radius 2 is 2.25 bits per heavy atom. The Labute approximate surface area is 167 Å². The maximum absolute atomic E-state index is 13.0. The van der Waals surface area contributed by atoms with Crippen molar-refractivity contribution in [2.75, 3.05) is 5.73 Å². The number of fused-ring (bicyclic) bond motifs is 1. The van der Waals surface area contributed by atoms with E-state index in [4.69, 9.17) is 10.3 Å². The van der Waals surface area contributed by atoms with Crippen LogP contribution >= 0.6 is 11.8 Å². The minimum absolute atomic E-state index is 0.00639. The molecule has 1 atom stereocenters. The monoisotopic (exact) mass is 394 g/mol. The molecule has 144 valence electrons. The van der Waals surface area contributed by atoms with Crippen molar-refractivity contribution in [1.82, 2.24) is 15.5 Å². The molecule has 3 aromatic rings. The predicted octanol–water partition coefficient (Wildman–Crippen LogP) is 4.06. The summed E-state index contributed by atoms with van der Waals surface area (Å²) >= 11 is 1.48. The molecule has 1 unspecified atom stereocenters. The number of rotatable bonds is 5. The van der Waals surface area contributed by atoms with E-state index < -0.39 is 0 Å². The van der Waals surface area contributed by atoms with E-state index in [9.17, 15) is 4.79 Å². The fraction of sp³-hybridized carbons (Fsp3) is 0.286. The van der Waals surface area contributed by atoms with E-state index >= 15 is 0 Å². The van der Waals surface area contributed by atoms with Gasteiger partial charge in [-0.3, -0.25) is 4.79 Å². The number of benzene rings is 1. The molecule has 2 aromatic heterocycles. The average Bonchev–Trinajstić information content (AvgIpc) is 3.11. The number of aromatic nitrogens is 2. The van der Waals surface area contributed by atoms with Gasteiger partial charge < -0.3 is 15.6 Å². The molecule has 7 heteroatoms. The average molecular weight is 395 g/mol. The quantitative estimate of drug-likeness (QED) is 0.501. The van der Waals surface area contributed by atoms with Gasteiger partial charge in [0, 0.05) is 23.7 Å². The largest absolute Gasteiger partial charge is 0.399 e. The molecule has 6 nitrogen and oxygen atoms in total. The van der Waals surface area contributed by atoms with E-state index in [0.717, 1.165) is 42.0 Å². The number of nitrogen functional groups attached to an aromatic ring is 1. The van der Waals surface area contributed by atoms with Crippen LogP contribution in [-0.4, -0.2) is 16.0 Å². The Hall–Kier alpha value is -2.80. The zero-order chi connectivity index (χ0) is 19.5. The molecule has 4 rings (SSSR count). The molecule has 0 bridgehead atoms. The minimum Gasteiger partial charge on any atom is -0.399 e. The standard InChI is InChI=1S/C21H22N4O2S/c1-13-10-16(25-27-13)12-28-21-18(5-3-9-23-21)20(26)24-19-6-2-4-14-11-15(22)7-8-17(14)19/h3,5,7-11,19H,2,4,6,12,22H2,1H3,(H,24,26). The molecule has 28 heavy (non-hydrogen) atoms. The number of carbonyl (C=O) groups is 1. The number of pyridine rings is 1. The third kappa shape index (κ3) is 4.04. The highest BCUT2D eigenvalue weighted by molar-refractivity contribution is 7.98. The SMILES string of the molecule is Cc1cc(CSc2ncccc2C(=O)NC2CCCc3cc(N)ccc32)no1. The third-order valence-electron chi connectivity index (χ3n) is 4.84. The Morgan fingerprint density at radius 3 is 3.07 bits per heavy atom. The Kier molecular flexibility index (Phi) is 5.34. The molecule has 0 radical (unpaired) electrons. The Bertz CT molecular complexity index is 1000. The first-order valence-electron chi connectivity index (χ1n) is 9.29. The van der Waals surface area contributed by atoms with Gasteiger partial charge in [-0.2, -0.15) is 0 Å². The van der Waals surface area contributed by atoms with Crippen LogP contribution in [0.15, 0.2) is 52.1 Å². The summed E-state index contributed by atoms with van der Waals surface area (Å²) in [6.07, 6.45) is 4.65. The summed E-state index contributed by atoms with van der Waals surface area (Å²) in [6.45, 7) is 1.86. The van der Waals surface area contributed by atoms with Crippen molar-refractivity contribution in [3.63, 3.8) is 0 Å². The molecule has 2 heterocycles. The molecule has 0 fully saturated rings.